The molecule has 0 amide bonds. The maximum absolute atomic E-state index is 4.39. The highest BCUT2D eigenvalue weighted by Crippen LogP contribution is 2.12. The monoisotopic (exact) mass is 351 g/mol. The van der Waals surface area contributed by atoms with Crippen LogP contribution >= 0.6 is 15.9 Å². The van der Waals surface area contributed by atoms with Crippen LogP contribution in [0.25, 0.3) is 0 Å². The highest BCUT2D eigenvalue weighted by atomic mass is 79.9. The van der Waals surface area contributed by atoms with E-state index >= 15 is 0 Å². The highest BCUT2D eigenvalue weighted by molar-refractivity contribution is 9.10. The van der Waals surface area contributed by atoms with Crippen LogP contribution in [-0.2, 0) is 13.1 Å². The van der Waals surface area contributed by atoms with E-state index in [9.17, 15) is 0 Å². The summed E-state index contributed by atoms with van der Waals surface area (Å²) >= 11 is 3.43. The van der Waals surface area contributed by atoms with Crippen LogP contribution in [0.4, 0.5) is 5.69 Å². The van der Waals surface area contributed by atoms with Gasteiger partial charge in [0.25, 0.3) is 0 Å². The van der Waals surface area contributed by atoms with Crippen LogP contribution in [0.15, 0.2) is 35.3 Å². The Kier molecular flexibility index (Phi) is 6.20. The second kappa shape index (κ2) is 8.14. The Labute approximate surface area is 134 Å². The van der Waals surface area contributed by atoms with Gasteiger partial charge in [-0.1, -0.05) is 13.8 Å². The molecule has 0 spiro atoms. The van der Waals surface area contributed by atoms with Crippen molar-refractivity contribution in [2.75, 3.05) is 25.0 Å². The molecule has 0 saturated heterocycles. The average Bonchev–Trinajstić information content (AvgIpc) is 2.94. The fourth-order valence-corrected chi connectivity index (χ4v) is 2.53. The molecule has 0 atom stereocenters. The van der Waals surface area contributed by atoms with E-state index in [1.165, 1.54) is 0 Å². The van der Waals surface area contributed by atoms with Crippen molar-refractivity contribution in [1.29, 1.82) is 0 Å². The van der Waals surface area contributed by atoms with E-state index in [0.29, 0.717) is 0 Å². The number of pyridine rings is 1. The van der Waals surface area contributed by atoms with E-state index < -0.39 is 0 Å². The Morgan fingerprint density at radius 2 is 2.05 bits per heavy atom. The molecular weight excluding hydrogens is 330 g/mol. The van der Waals surface area contributed by atoms with Gasteiger partial charge < -0.3 is 10.2 Å². The smallest absolute Gasteiger partial charge is 0.0729 e. The van der Waals surface area contributed by atoms with Crippen molar-refractivity contribution in [3.8, 4) is 0 Å². The van der Waals surface area contributed by atoms with Gasteiger partial charge in [0.2, 0.25) is 0 Å². The van der Waals surface area contributed by atoms with Crippen LogP contribution in [0, 0.1) is 0 Å². The molecule has 0 aliphatic heterocycles. The summed E-state index contributed by atoms with van der Waals surface area (Å²) in [5.41, 5.74) is 2.18. The fourth-order valence-electron chi connectivity index (χ4n) is 2.12. The first-order valence-corrected chi connectivity index (χ1v) is 8.08. The minimum Gasteiger partial charge on any atom is -0.378 e. The van der Waals surface area contributed by atoms with E-state index in [-0.39, 0.29) is 0 Å². The van der Waals surface area contributed by atoms with E-state index in [1.54, 1.807) is 6.20 Å². The lowest BCUT2D eigenvalue weighted by Crippen LogP contribution is -2.27. The molecule has 0 saturated carbocycles. The maximum atomic E-state index is 4.39. The number of halogens is 1. The normalized spacial score (nSPS) is 11.0. The lowest BCUT2D eigenvalue weighted by atomic mass is 10.3. The molecule has 0 unspecified atom stereocenters. The minimum atomic E-state index is 0.744. The molecule has 0 aliphatic rings. The molecule has 0 fully saturated rings. The molecule has 2 rings (SSSR count). The van der Waals surface area contributed by atoms with Gasteiger partial charge in [0.15, 0.2) is 0 Å². The van der Waals surface area contributed by atoms with Crippen LogP contribution < -0.4 is 5.32 Å². The number of hydrogen-bond acceptors (Lipinski definition) is 4. The van der Waals surface area contributed by atoms with Gasteiger partial charge in [0.05, 0.1) is 18.4 Å². The Hall–Kier alpha value is -1.40. The molecule has 6 heteroatoms. The van der Waals surface area contributed by atoms with Gasteiger partial charge in [-0.25, -0.2) is 0 Å². The van der Waals surface area contributed by atoms with Crippen LogP contribution in [0.3, 0.4) is 0 Å². The zero-order valence-corrected chi connectivity index (χ0v) is 14.2. The van der Waals surface area contributed by atoms with E-state index in [2.05, 4.69) is 62.3 Å². The first kappa shape index (κ1) is 16.0. The highest BCUT2D eigenvalue weighted by Gasteiger charge is 2.02. The van der Waals surface area contributed by atoms with Crippen LogP contribution in [0.5, 0.6) is 0 Å². The van der Waals surface area contributed by atoms with Crippen molar-refractivity contribution < 1.29 is 0 Å². The third-order valence-corrected chi connectivity index (χ3v) is 3.86. The van der Waals surface area contributed by atoms with Crippen molar-refractivity contribution >= 4 is 21.6 Å². The summed E-state index contributed by atoms with van der Waals surface area (Å²) in [6, 6.07) is 2.06. The number of likely N-dealkylation sites (N-methyl/N-ethyl adjacent to an activating group) is 1. The van der Waals surface area contributed by atoms with Crippen molar-refractivity contribution in [1.82, 2.24) is 19.7 Å². The summed E-state index contributed by atoms with van der Waals surface area (Å²) in [6.07, 6.45) is 7.57. The van der Waals surface area contributed by atoms with Gasteiger partial charge in [-0.3, -0.25) is 9.67 Å². The number of anilines is 1. The summed E-state index contributed by atoms with van der Waals surface area (Å²) < 4.78 is 2.98. The Morgan fingerprint density at radius 1 is 1.24 bits per heavy atom. The molecule has 0 bridgehead atoms. The van der Waals surface area contributed by atoms with Gasteiger partial charge in [-0.15, -0.1) is 0 Å². The number of hydrogen-bond donors (Lipinski definition) is 1. The summed E-state index contributed by atoms with van der Waals surface area (Å²) in [5.74, 6) is 0. The topological polar surface area (TPSA) is 46.0 Å². The molecule has 2 aromatic rings. The van der Waals surface area contributed by atoms with Gasteiger partial charge in [-0.05, 0) is 40.6 Å². The second-order valence-electron chi connectivity index (χ2n) is 4.88. The third kappa shape index (κ3) is 5.13. The molecule has 0 aliphatic carbocycles. The largest absolute Gasteiger partial charge is 0.378 e. The molecule has 0 aromatic carbocycles. The zero-order chi connectivity index (χ0) is 15.1. The van der Waals surface area contributed by atoms with E-state index in [4.69, 9.17) is 0 Å². The van der Waals surface area contributed by atoms with E-state index in [0.717, 1.165) is 48.4 Å². The lowest BCUT2D eigenvalue weighted by Gasteiger charge is -2.17. The van der Waals surface area contributed by atoms with Gasteiger partial charge >= 0.3 is 0 Å². The Morgan fingerprint density at radius 3 is 2.76 bits per heavy atom. The van der Waals surface area contributed by atoms with Crippen molar-refractivity contribution in [2.24, 2.45) is 0 Å². The maximum Gasteiger partial charge on any atom is 0.0729 e. The summed E-state index contributed by atoms with van der Waals surface area (Å²) in [7, 11) is 0. The Bertz CT molecular complexity index is 551. The summed E-state index contributed by atoms with van der Waals surface area (Å²) in [4.78, 5) is 6.55. The molecule has 114 valence electrons. The van der Waals surface area contributed by atoms with Gasteiger partial charge in [-0.2, -0.15) is 5.10 Å². The number of nitrogens with one attached hydrogen (secondary N) is 1. The molecule has 2 aromatic heterocycles. The first-order chi connectivity index (χ1) is 10.2. The van der Waals surface area contributed by atoms with Crippen molar-refractivity contribution in [3.05, 3.63) is 40.9 Å². The van der Waals surface area contributed by atoms with Crippen LogP contribution in [-0.4, -0.2) is 39.3 Å². The SMILES string of the molecule is CCN(CC)CCn1cc(NCc2cncc(Br)c2)cn1. The van der Waals surface area contributed by atoms with Crippen LogP contribution in [0.2, 0.25) is 0 Å². The van der Waals surface area contributed by atoms with Crippen molar-refractivity contribution in [2.45, 2.75) is 26.9 Å². The molecule has 1 N–H and O–H groups in total. The van der Waals surface area contributed by atoms with Gasteiger partial charge in [0.1, 0.15) is 0 Å². The third-order valence-electron chi connectivity index (χ3n) is 3.43. The number of rotatable bonds is 8. The first-order valence-electron chi connectivity index (χ1n) is 7.29. The number of nitrogens with zero attached hydrogens (tertiary/aromatic N) is 4. The predicted octanol–water partition coefficient (Wildman–Crippen LogP) is 2.99. The van der Waals surface area contributed by atoms with Crippen molar-refractivity contribution in [3.63, 3.8) is 0 Å². The number of aromatic nitrogens is 3. The summed E-state index contributed by atoms with van der Waals surface area (Å²) in [6.45, 7) is 9.23. The van der Waals surface area contributed by atoms with Gasteiger partial charge in [0, 0.05) is 36.2 Å². The summed E-state index contributed by atoms with van der Waals surface area (Å²) in [5, 5.41) is 7.76. The molecule has 0 radical (unpaired) electrons. The quantitative estimate of drug-likeness (QED) is 0.793. The molecule has 2 heterocycles. The Balaban J connectivity index is 1.83. The lowest BCUT2D eigenvalue weighted by molar-refractivity contribution is 0.285. The standard InChI is InChI=1S/C15H22BrN5/c1-3-20(4-2)5-6-21-12-15(11-19-21)18-9-13-7-14(16)10-17-8-13/h7-8,10-12,18H,3-6,9H2,1-2H3. The van der Waals surface area contributed by atoms with E-state index in [1.807, 2.05) is 17.1 Å². The average molecular weight is 352 g/mol. The zero-order valence-electron chi connectivity index (χ0n) is 12.6. The predicted molar refractivity (Wildman–Crippen MR) is 89.3 cm³/mol. The molecule has 5 nitrogen and oxygen atoms in total. The second-order valence-corrected chi connectivity index (χ2v) is 5.80. The molecule has 21 heavy (non-hydrogen) atoms. The fraction of sp³-hybridized carbons (Fsp3) is 0.467. The molecular formula is C15H22BrN5. The minimum absolute atomic E-state index is 0.744. The van der Waals surface area contributed by atoms with Crippen LogP contribution in [0.1, 0.15) is 19.4 Å².